The Morgan fingerprint density at radius 3 is 1.76 bits per heavy atom. The molecule has 8 heteroatoms. The lowest BCUT2D eigenvalue weighted by Crippen LogP contribution is -2.39. The Bertz CT molecular complexity index is 477. The van der Waals surface area contributed by atoms with Gasteiger partial charge in [-0.15, -0.1) is 0 Å². The van der Waals surface area contributed by atoms with Crippen molar-refractivity contribution in [3.05, 3.63) is 11.9 Å². The molecule has 1 N–H and O–H groups in total. The van der Waals surface area contributed by atoms with Crippen LogP contribution in [0.15, 0.2) is 6.07 Å². The van der Waals surface area contributed by atoms with Crippen LogP contribution in [-0.4, -0.2) is 73.7 Å². The molecule has 0 amide bonds. The first-order valence-electron chi connectivity index (χ1n) is 7.02. The van der Waals surface area contributed by atoms with Crippen LogP contribution >= 0.6 is 0 Å². The molecule has 3 rings (SSSR count). The van der Waals surface area contributed by atoms with Gasteiger partial charge >= 0.3 is 5.97 Å². The molecule has 0 atom stereocenters. The minimum atomic E-state index is -1.11. The number of rotatable bonds is 3. The number of anilines is 2. The number of aromatic carboxylic acids is 1. The first kappa shape index (κ1) is 14.0. The quantitative estimate of drug-likeness (QED) is 0.823. The minimum absolute atomic E-state index is 0.166. The highest BCUT2D eigenvalue weighted by molar-refractivity contribution is 5.84. The third-order valence-electron chi connectivity index (χ3n) is 3.56. The molecule has 2 saturated heterocycles. The summed E-state index contributed by atoms with van der Waals surface area (Å²) in [4.78, 5) is 23.6. The normalized spacial score (nSPS) is 19.6. The van der Waals surface area contributed by atoms with Gasteiger partial charge in [0.05, 0.1) is 26.4 Å². The SMILES string of the molecule is O=C(O)c1nc(N2CCOCC2)cc(N2CCOCC2)n1. The monoisotopic (exact) mass is 294 g/mol. The van der Waals surface area contributed by atoms with Gasteiger partial charge in [-0.05, 0) is 0 Å². The molecule has 2 fully saturated rings. The van der Waals surface area contributed by atoms with Gasteiger partial charge in [0.2, 0.25) is 5.82 Å². The first-order chi connectivity index (χ1) is 10.2. The van der Waals surface area contributed by atoms with Crippen LogP contribution in [-0.2, 0) is 9.47 Å². The van der Waals surface area contributed by atoms with Gasteiger partial charge in [0.1, 0.15) is 11.6 Å². The molecule has 0 aliphatic carbocycles. The second-order valence-corrected chi connectivity index (χ2v) is 4.91. The van der Waals surface area contributed by atoms with Crippen molar-refractivity contribution in [2.45, 2.75) is 0 Å². The molecule has 2 aliphatic heterocycles. The van der Waals surface area contributed by atoms with Crippen molar-refractivity contribution in [2.75, 3.05) is 62.4 Å². The maximum absolute atomic E-state index is 11.3. The van der Waals surface area contributed by atoms with E-state index in [9.17, 15) is 9.90 Å². The lowest BCUT2D eigenvalue weighted by atomic mass is 10.3. The highest BCUT2D eigenvalue weighted by atomic mass is 16.5. The van der Waals surface area contributed by atoms with Crippen molar-refractivity contribution in [2.24, 2.45) is 0 Å². The van der Waals surface area contributed by atoms with Crippen LogP contribution in [0, 0.1) is 0 Å². The molecule has 21 heavy (non-hydrogen) atoms. The molecule has 3 heterocycles. The molecule has 0 radical (unpaired) electrons. The topological polar surface area (TPSA) is 88.0 Å². The number of aromatic nitrogens is 2. The fourth-order valence-electron chi connectivity index (χ4n) is 2.43. The zero-order chi connectivity index (χ0) is 14.7. The summed E-state index contributed by atoms with van der Waals surface area (Å²) >= 11 is 0. The average molecular weight is 294 g/mol. The smallest absolute Gasteiger partial charge is 0.374 e. The highest BCUT2D eigenvalue weighted by Crippen LogP contribution is 2.21. The lowest BCUT2D eigenvalue weighted by molar-refractivity contribution is 0.0683. The molecule has 0 spiro atoms. The van der Waals surface area contributed by atoms with Crippen LogP contribution in [0.25, 0.3) is 0 Å². The maximum Gasteiger partial charge on any atom is 0.374 e. The van der Waals surface area contributed by atoms with Crippen molar-refractivity contribution in [1.82, 2.24) is 9.97 Å². The lowest BCUT2D eigenvalue weighted by Gasteiger charge is -2.31. The fraction of sp³-hybridized carbons (Fsp3) is 0.615. The summed E-state index contributed by atoms with van der Waals surface area (Å²) in [6.07, 6.45) is 0. The molecule has 0 aromatic carbocycles. The Labute approximate surface area is 122 Å². The molecule has 2 aliphatic rings. The summed E-state index contributed by atoms with van der Waals surface area (Å²) in [6.45, 7) is 5.33. The third kappa shape index (κ3) is 3.22. The van der Waals surface area contributed by atoms with Crippen molar-refractivity contribution in [1.29, 1.82) is 0 Å². The molecule has 1 aromatic heterocycles. The molecular formula is C13H18N4O4. The maximum atomic E-state index is 11.3. The van der Waals surface area contributed by atoms with Crippen LogP contribution in [0.3, 0.4) is 0 Å². The van der Waals surface area contributed by atoms with E-state index in [1.165, 1.54) is 0 Å². The van der Waals surface area contributed by atoms with Crippen molar-refractivity contribution < 1.29 is 19.4 Å². The summed E-state index contributed by atoms with van der Waals surface area (Å²) < 4.78 is 10.6. The van der Waals surface area contributed by atoms with E-state index < -0.39 is 5.97 Å². The molecule has 0 saturated carbocycles. The second-order valence-electron chi connectivity index (χ2n) is 4.91. The standard InChI is InChI=1S/C13H18N4O4/c18-13(19)12-14-10(16-1-5-20-6-2-16)9-11(15-12)17-3-7-21-8-4-17/h9H,1-8H2,(H,18,19). The van der Waals surface area contributed by atoms with E-state index in [4.69, 9.17) is 9.47 Å². The molecule has 0 bridgehead atoms. The Hall–Kier alpha value is -1.93. The molecule has 8 nitrogen and oxygen atoms in total. The van der Waals surface area contributed by atoms with Gasteiger partial charge in [-0.1, -0.05) is 0 Å². The van der Waals surface area contributed by atoms with Crippen LogP contribution in [0.4, 0.5) is 11.6 Å². The number of ether oxygens (including phenoxy) is 2. The molecular weight excluding hydrogens is 276 g/mol. The highest BCUT2D eigenvalue weighted by Gasteiger charge is 2.21. The number of carboxylic acid groups (broad SMARTS) is 1. The summed E-state index contributed by atoms with van der Waals surface area (Å²) in [5.74, 6) is 0.0134. The second kappa shape index (κ2) is 6.23. The van der Waals surface area contributed by atoms with Gasteiger partial charge in [-0.2, -0.15) is 0 Å². The van der Waals surface area contributed by atoms with Gasteiger partial charge < -0.3 is 24.4 Å². The molecule has 114 valence electrons. The third-order valence-corrected chi connectivity index (χ3v) is 3.56. The number of carboxylic acids is 1. The number of hydrogen-bond donors (Lipinski definition) is 1. The van der Waals surface area contributed by atoms with Gasteiger partial charge in [-0.25, -0.2) is 14.8 Å². The summed E-state index contributed by atoms with van der Waals surface area (Å²) in [5, 5.41) is 9.22. The Morgan fingerprint density at radius 2 is 1.38 bits per heavy atom. The summed E-state index contributed by atoms with van der Waals surface area (Å²) in [7, 11) is 0. The van der Waals surface area contributed by atoms with E-state index in [-0.39, 0.29) is 5.82 Å². The molecule has 1 aromatic rings. The van der Waals surface area contributed by atoms with Crippen LogP contribution in [0.2, 0.25) is 0 Å². The van der Waals surface area contributed by atoms with Crippen molar-refractivity contribution >= 4 is 17.6 Å². The van der Waals surface area contributed by atoms with E-state index in [0.29, 0.717) is 64.2 Å². The van der Waals surface area contributed by atoms with E-state index in [1.807, 2.05) is 15.9 Å². The van der Waals surface area contributed by atoms with Crippen LogP contribution < -0.4 is 9.80 Å². The van der Waals surface area contributed by atoms with E-state index in [1.54, 1.807) is 0 Å². The average Bonchev–Trinajstić information content (AvgIpc) is 2.56. The Morgan fingerprint density at radius 1 is 0.952 bits per heavy atom. The zero-order valence-corrected chi connectivity index (χ0v) is 11.7. The number of carbonyl (C=O) groups is 1. The zero-order valence-electron chi connectivity index (χ0n) is 11.7. The Balaban J connectivity index is 1.91. The van der Waals surface area contributed by atoms with E-state index in [0.717, 1.165) is 0 Å². The number of nitrogens with zero attached hydrogens (tertiary/aromatic N) is 4. The Kier molecular flexibility index (Phi) is 4.16. The first-order valence-corrected chi connectivity index (χ1v) is 7.02. The largest absolute Gasteiger partial charge is 0.475 e. The predicted octanol–water partition coefficient (Wildman–Crippen LogP) is -0.152. The van der Waals surface area contributed by atoms with Crippen molar-refractivity contribution in [3.63, 3.8) is 0 Å². The minimum Gasteiger partial charge on any atom is -0.475 e. The summed E-state index contributed by atoms with van der Waals surface area (Å²) in [5.41, 5.74) is 0. The van der Waals surface area contributed by atoms with Gasteiger partial charge in [0.25, 0.3) is 0 Å². The fourth-order valence-corrected chi connectivity index (χ4v) is 2.43. The van der Waals surface area contributed by atoms with Gasteiger partial charge in [0.15, 0.2) is 0 Å². The van der Waals surface area contributed by atoms with E-state index >= 15 is 0 Å². The van der Waals surface area contributed by atoms with Crippen LogP contribution in [0.1, 0.15) is 10.6 Å². The predicted molar refractivity (Wildman–Crippen MR) is 75.1 cm³/mol. The van der Waals surface area contributed by atoms with Gasteiger partial charge in [0, 0.05) is 32.2 Å². The van der Waals surface area contributed by atoms with Crippen LogP contribution in [0.5, 0.6) is 0 Å². The van der Waals surface area contributed by atoms with Gasteiger partial charge in [-0.3, -0.25) is 0 Å². The number of morpholine rings is 2. The van der Waals surface area contributed by atoms with Crippen molar-refractivity contribution in [3.8, 4) is 0 Å². The van der Waals surface area contributed by atoms with E-state index in [2.05, 4.69) is 9.97 Å². The summed E-state index contributed by atoms with van der Waals surface area (Å²) in [6, 6.07) is 1.85. The molecule has 0 unspecified atom stereocenters. The number of hydrogen-bond acceptors (Lipinski definition) is 7.